The normalized spacial score (nSPS) is 17.5. The number of morpholine rings is 1. The number of thiophene rings is 1. The predicted molar refractivity (Wildman–Crippen MR) is 101 cm³/mol. The van der Waals surface area contributed by atoms with E-state index in [1.165, 1.54) is 11.6 Å². The van der Waals surface area contributed by atoms with E-state index >= 15 is 0 Å². The van der Waals surface area contributed by atoms with E-state index in [0.717, 1.165) is 30.0 Å². The van der Waals surface area contributed by atoms with Crippen LogP contribution >= 0.6 is 22.9 Å². The smallest absolute Gasteiger partial charge is 0.250 e. The standard InChI is InChI=1S/C17H21ClN2O3S2/c1-13-2-4-14(5-3-13)15(20-8-10-23-11-9-20)12-19-25(21,22)17-7-6-16(18)24-17/h2-7,15,19H,8-12H2,1H3. The molecular formula is C17H21ClN2O3S2. The van der Waals surface area contributed by atoms with Crippen LogP contribution in [0.25, 0.3) is 0 Å². The summed E-state index contributed by atoms with van der Waals surface area (Å²) in [6.45, 7) is 5.24. The Labute approximate surface area is 157 Å². The fraction of sp³-hybridized carbons (Fsp3) is 0.412. The van der Waals surface area contributed by atoms with Gasteiger partial charge >= 0.3 is 0 Å². The van der Waals surface area contributed by atoms with Gasteiger partial charge in [0.2, 0.25) is 10.0 Å². The van der Waals surface area contributed by atoms with Crippen molar-refractivity contribution in [3.8, 4) is 0 Å². The number of sulfonamides is 1. The van der Waals surface area contributed by atoms with Crippen LogP contribution in [0.1, 0.15) is 17.2 Å². The van der Waals surface area contributed by atoms with Gasteiger partial charge in [0.25, 0.3) is 0 Å². The van der Waals surface area contributed by atoms with E-state index < -0.39 is 10.0 Å². The molecule has 0 aliphatic carbocycles. The van der Waals surface area contributed by atoms with Crippen molar-refractivity contribution in [1.29, 1.82) is 0 Å². The fourth-order valence-corrected chi connectivity index (χ4v) is 5.40. The van der Waals surface area contributed by atoms with Gasteiger partial charge in [-0.3, -0.25) is 4.90 Å². The second-order valence-corrected chi connectivity index (χ2v) is 9.69. The molecule has 1 fully saturated rings. The quantitative estimate of drug-likeness (QED) is 0.809. The zero-order chi connectivity index (χ0) is 17.9. The number of nitrogens with zero attached hydrogens (tertiary/aromatic N) is 1. The summed E-state index contributed by atoms with van der Waals surface area (Å²) in [7, 11) is -3.56. The molecule has 0 amide bonds. The molecule has 1 aromatic carbocycles. The second kappa shape index (κ2) is 8.16. The van der Waals surface area contributed by atoms with Crippen molar-refractivity contribution in [2.75, 3.05) is 32.8 Å². The number of nitrogens with one attached hydrogen (secondary N) is 1. The lowest BCUT2D eigenvalue weighted by Gasteiger charge is -2.34. The topological polar surface area (TPSA) is 58.6 Å². The highest BCUT2D eigenvalue weighted by Gasteiger charge is 2.25. The van der Waals surface area contributed by atoms with Gasteiger partial charge < -0.3 is 4.74 Å². The zero-order valence-electron chi connectivity index (χ0n) is 13.9. The van der Waals surface area contributed by atoms with E-state index in [1.807, 2.05) is 6.92 Å². The lowest BCUT2D eigenvalue weighted by molar-refractivity contribution is 0.0172. The molecule has 0 bridgehead atoms. The van der Waals surface area contributed by atoms with E-state index in [4.69, 9.17) is 16.3 Å². The number of hydrogen-bond acceptors (Lipinski definition) is 5. The average Bonchev–Trinajstić information content (AvgIpc) is 3.05. The Bertz CT molecular complexity index is 800. The van der Waals surface area contributed by atoms with E-state index in [1.54, 1.807) is 6.07 Å². The predicted octanol–water partition coefficient (Wildman–Crippen LogP) is 3.06. The number of halogens is 1. The molecule has 1 saturated heterocycles. The summed E-state index contributed by atoms with van der Waals surface area (Å²) in [5.74, 6) is 0. The third-order valence-electron chi connectivity index (χ3n) is 4.23. The van der Waals surface area contributed by atoms with Crippen LogP contribution in [0.2, 0.25) is 4.34 Å². The highest BCUT2D eigenvalue weighted by atomic mass is 35.5. The van der Waals surface area contributed by atoms with Crippen molar-refractivity contribution in [3.05, 3.63) is 51.9 Å². The van der Waals surface area contributed by atoms with E-state index in [-0.39, 0.29) is 10.3 Å². The van der Waals surface area contributed by atoms with Crippen molar-refractivity contribution >= 4 is 33.0 Å². The van der Waals surface area contributed by atoms with Gasteiger partial charge in [-0.25, -0.2) is 13.1 Å². The van der Waals surface area contributed by atoms with Crippen molar-refractivity contribution in [2.45, 2.75) is 17.2 Å². The Hall–Kier alpha value is -0.960. The summed E-state index contributed by atoms with van der Waals surface area (Å²) in [4.78, 5) is 2.26. The SMILES string of the molecule is Cc1ccc(C(CNS(=O)(=O)c2ccc(Cl)s2)N2CCOCC2)cc1. The number of hydrogen-bond donors (Lipinski definition) is 1. The Morgan fingerprint density at radius 3 is 2.48 bits per heavy atom. The molecule has 2 heterocycles. The molecule has 1 N–H and O–H groups in total. The Kier molecular flexibility index (Phi) is 6.14. The van der Waals surface area contributed by atoms with Gasteiger partial charge in [-0.1, -0.05) is 41.4 Å². The van der Waals surface area contributed by atoms with Gasteiger partial charge in [0.15, 0.2) is 0 Å². The van der Waals surface area contributed by atoms with Crippen LogP contribution in [-0.2, 0) is 14.8 Å². The maximum Gasteiger partial charge on any atom is 0.250 e. The molecule has 1 aromatic heterocycles. The highest BCUT2D eigenvalue weighted by molar-refractivity contribution is 7.91. The summed E-state index contributed by atoms with van der Waals surface area (Å²) in [5.41, 5.74) is 2.28. The van der Waals surface area contributed by atoms with Gasteiger partial charge in [-0.15, -0.1) is 11.3 Å². The van der Waals surface area contributed by atoms with E-state index in [0.29, 0.717) is 24.1 Å². The number of ether oxygens (including phenoxy) is 1. The third-order valence-corrected chi connectivity index (χ3v) is 7.38. The minimum Gasteiger partial charge on any atom is -0.379 e. The first kappa shape index (κ1) is 18.8. The van der Waals surface area contributed by atoms with Gasteiger partial charge in [0.05, 0.1) is 17.6 Å². The number of benzene rings is 1. The molecule has 5 nitrogen and oxygen atoms in total. The molecule has 3 rings (SSSR count). The Balaban J connectivity index is 1.78. The molecule has 2 aromatic rings. The van der Waals surface area contributed by atoms with Gasteiger partial charge in [-0.05, 0) is 24.6 Å². The van der Waals surface area contributed by atoms with Crippen LogP contribution in [0.5, 0.6) is 0 Å². The molecule has 0 spiro atoms. The van der Waals surface area contributed by atoms with Gasteiger partial charge in [-0.2, -0.15) is 0 Å². The van der Waals surface area contributed by atoms with Gasteiger partial charge in [0.1, 0.15) is 4.21 Å². The minimum atomic E-state index is -3.56. The molecule has 0 radical (unpaired) electrons. The minimum absolute atomic E-state index is 0.0327. The van der Waals surface area contributed by atoms with Crippen molar-refractivity contribution in [3.63, 3.8) is 0 Å². The average molecular weight is 401 g/mol. The molecule has 136 valence electrons. The molecule has 8 heteroatoms. The van der Waals surface area contributed by atoms with Crippen LogP contribution in [0.4, 0.5) is 0 Å². The maximum atomic E-state index is 12.5. The molecule has 1 atom stereocenters. The summed E-state index contributed by atoms with van der Waals surface area (Å²) >= 11 is 6.93. The maximum absolute atomic E-state index is 12.5. The number of aryl methyl sites for hydroxylation is 1. The molecule has 0 saturated carbocycles. The summed E-state index contributed by atoms with van der Waals surface area (Å²) in [6, 6.07) is 11.3. The largest absolute Gasteiger partial charge is 0.379 e. The van der Waals surface area contributed by atoms with Crippen LogP contribution in [-0.4, -0.2) is 46.2 Å². The van der Waals surface area contributed by atoms with Crippen LogP contribution < -0.4 is 4.72 Å². The van der Waals surface area contributed by atoms with Crippen molar-refractivity contribution < 1.29 is 13.2 Å². The van der Waals surface area contributed by atoms with E-state index in [9.17, 15) is 8.42 Å². The third kappa shape index (κ3) is 4.81. The highest BCUT2D eigenvalue weighted by Crippen LogP contribution is 2.27. The Morgan fingerprint density at radius 1 is 1.20 bits per heavy atom. The van der Waals surface area contributed by atoms with Gasteiger partial charge in [0, 0.05) is 25.7 Å². The summed E-state index contributed by atoms with van der Waals surface area (Å²) in [6.07, 6.45) is 0. The van der Waals surface area contributed by atoms with Crippen LogP contribution in [0.3, 0.4) is 0 Å². The van der Waals surface area contributed by atoms with Crippen molar-refractivity contribution in [2.24, 2.45) is 0 Å². The van der Waals surface area contributed by atoms with Crippen molar-refractivity contribution in [1.82, 2.24) is 9.62 Å². The Morgan fingerprint density at radius 2 is 1.88 bits per heavy atom. The second-order valence-electron chi connectivity index (χ2n) is 5.99. The molecule has 1 unspecified atom stereocenters. The molecular weight excluding hydrogens is 380 g/mol. The monoisotopic (exact) mass is 400 g/mol. The summed E-state index contributed by atoms with van der Waals surface area (Å²) < 4.78 is 33.9. The molecule has 1 aliphatic rings. The number of rotatable bonds is 6. The van der Waals surface area contributed by atoms with Crippen LogP contribution in [0, 0.1) is 6.92 Å². The zero-order valence-corrected chi connectivity index (χ0v) is 16.3. The first-order valence-electron chi connectivity index (χ1n) is 8.09. The first-order valence-corrected chi connectivity index (χ1v) is 10.8. The lowest BCUT2D eigenvalue weighted by Crippen LogP contribution is -2.43. The molecule has 1 aliphatic heterocycles. The first-order chi connectivity index (χ1) is 12.0. The fourth-order valence-electron chi connectivity index (χ4n) is 2.84. The summed E-state index contributed by atoms with van der Waals surface area (Å²) in [5, 5.41) is 0. The van der Waals surface area contributed by atoms with E-state index in [2.05, 4.69) is 33.9 Å². The van der Waals surface area contributed by atoms with Crippen LogP contribution in [0.15, 0.2) is 40.6 Å². The lowest BCUT2D eigenvalue weighted by atomic mass is 10.0. The molecule has 25 heavy (non-hydrogen) atoms.